The van der Waals surface area contributed by atoms with Gasteiger partial charge in [-0.15, -0.1) is 0 Å². The Bertz CT molecular complexity index is 1380. The molecule has 15 atom stereocenters. The maximum atomic E-state index is 12.6. The Morgan fingerprint density at radius 3 is 2.42 bits per heavy atom. The number of ether oxygens (including phenoxy) is 5. The fraction of sp³-hybridized carbons (Fsp3) is 0.950. The molecule has 0 aromatic heterocycles. The Morgan fingerprint density at radius 2 is 1.74 bits per heavy atom. The summed E-state index contributed by atoms with van der Waals surface area (Å²) in [5.41, 5.74) is -1.19. The van der Waals surface area contributed by atoms with Gasteiger partial charge in [-0.25, -0.2) is 0 Å². The molecule has 5 aliphatic carbocycles. The smallest absolute Gasteiger partial charge is 0.323 e. The van der Waals surface area contributed by atoms with Gasteiger partial charge in [-0.05, 0) is 111 Å². The molecule has 0 radical (unpaired) electrons. The average Bonchev–Trinajstić information content (AvgIpc) is 3.44. The van der Waals surface area contributed by atoms with Crippen molar-refractivity contribution in [1.82, 2.24) is 4.90 Å². The van der Waals surface area contributed by atoms with Gasteiger partial charge in [0.05, 0.1) is 49.8 Å². The molecule has 0 aromatic carbocycles. The van der Waals surface area contributed by atoms with Crippen LogP contribution in [-0.2, 0) is 33.3 Å². The Morgan fingerprint density at radius 1 is 1.02 bits per heavy atom. The number of rotatable bonds is 6. The Labute approximate surface area is 298 Å². The highest BCUT2D eigenvalue weighted by molar-refractivity contribution is 5.77. The zero-order valence-corrected chi connectivity index (χ0v) is 31.7. The first-order valence-corrected chi connectivity index (χ1v) is 19.8. The second-order valence-corrected chi connectivity index (χ2v) is 19.6. The largest absolute Gasteiger partial charge is 0.464 e. The van der Waals surface area contributed by atoms with Crippen LogP contribution in [0, 0.1) is 50.7 Å². The quantitative estimate of drug-likeness (QED) is 0.371. The van der Waals surface area contributed by atoms with E-state index in [9.17, 15) is 19.8 Å². The van der Waals surface area contributed by atoms with E-state index >= 15 is 0 Å². The molecule has 0 bridgehead atoms. The van der Waals surface area contributed by atoms with Crippen LogP contribution in [0.15, 0.2) is 0 Å². The number of hydrogen-bond donors (Lipinski definition) is 2. The predicted molar refractivity (Wildman–Crippen MR) is 184 cm³/mol. The monoisotopic (exact) mass is 701 g/mol. The molecule has 282 valence electrons. The van der Waals surface area contributed by atoms with Crippen LogP contribution < -0.4 is 0 Å². The van der Waals surface area contributed by atoms with Gasteiger partial charge in [0.15, 0.2) is 12.4 Å². The Hall–Kier alpha value is -1.30. The van der Waals surface area contributed by atoms with E-state index in [4.69, 9.17) is 23.7 Å². The standard InChI is InChI=1S/C40H63NO9/c1-22-19-25(33(36(5,6)45)48-23(2)42)49-31-30(22)37(7)14-15-40-21-39(40)13-11-28(35(3,4)26(39)9-10-27(40)38(37,8)32(31)43)50-29-20-41(16-18-46-29)24-12-17-47-34(24)44/h22,24-33,43,45H,9-21H2,1-8H3/t22-,24-,25?,26+,27+,28+,29?,30?,31?,32+,33+,37-,38-,39-,40?/m1/s1. The third-order valence-corrected chi connectivity index (χ3v) is 16.8. The van der Waals surface area contributed by atoms with Gasteiger partial charge in [-0.3, -0.25) is 14.5 Å². The van der Waals surface area contributed by atoms with Gasteiger partial charge in [-0.2, -0.15) is 0 Å². The van der Waals surface area contributed by atoms with Gasteiger partial charge < -0.3 is 33.9 Å². The van der Waals surface area contributed by atoms with Crippen molar-refractivity contribution in [2.75, 3.05) is 26.3 Å². The number of esters is 2. The summed E-state index contributed by atoms with van der Waals surface area (Å²) >= 11 is 0. The van der Waals surface area contributed by atoms with Crippen molar-refractivity contribution >= 4 is 11.9 Å². The summed E-state index contributed by atoms with van der Waals surface area (Å²) in [4.78, 5) is 26.6. The van der Waals surface area contributed by atoms with Gasteiger partial charge in [0, 0.05) is 25.3 Å². The van der Waals surface area contributed by atoms with Crippen LogP contribution >= 0.6 is 0 Å². The number of aliphatic hydroxyl groups is 2. The van der Waals surface area contributed by atoms with E-state index in [1.165, 1.54) is 19.8 Å². The second kappa shape index (κ2) is 11.6. The average molecular weight is 702 g/mol. The molecule has 3 aliphatic heterocycles. The van der Waals surface area contributed by atoms with Crippen LogP contribution in [0.25, 0.3) is 0 Å². The molecule has 8 fully saturated rings. The highest BCUT2D eigenvalue weighted by atomic mass is 16.7. The maximum absolute atomic E-state index is 12.6. The summed E-state index contributed by atoms with van der Waals surface area (Å²) in [6.07, 6.45) is 6.81. The molecule has 5 unspecified atom stereocenters. The molecule has 8 rings (SSSR count). The van der Waals surface area contributed by atoms with E-state index < -0.39 is 29.9 Å². The maximum Gasteiger partial charge on any atom is 0.323 e. The molecule has 3 saturated heterocycles. The minimum absolute atomic E-state index is 0.0255. The number of carbonyl (C=O) groups is 2. The Kier molecular flexibility index (Phi) is 8.29. The molecule has 10 nitrogen and oxygen atoms in total. The summed E-state index contributed by atoms with van der Waals surface area (Å²) in [5, 5.41) is 23.6. The van der Waals surface area contributed by atoms with Crippen LogP contribution in [-0.4, -0.2) is 102 Å². The van der Waals surface area contributed by atoms with Gasteiger partial charge in [0.1, 0.15) is 6.04 Å². The van der Waals surface area contributed by atoms with Gasteiger partial charge in [0.2, 0.25) is 0 Å². The van der Waals surface area contributed by atoms with Crippen molar-refractivity contribution in [2.45, 2.75) is 162 Å². The van der Waals surface area contributed by atoms with Crippen molar-refractivity contribution in [3.63, 3.8) is 0 Å². The van der Waals surface area contributed by atoms with Crippen molar-refractivity contribution < 1.29 is 43.5 Å². The number of aliphatic hydroxyl groups excluding tert-OH is 1. The number of nitrogens with zero attached hydrogens (tertiary/aromatic N) is 1. The molecule has 0 aromatic rings. The third kappa shape index (κ3) is 4.79. The fourth-order valence-corrected chi connectivity index (χ4v) is 14.6. The summed E-state index contributed by atoms with van der Waals surface area (Å²) in [6.45, 7) is 19.1. The van der Waals surface area contributed by atoms with Crippen LogP contribution in [0.3, 0.4) is 0 Å². The van der Waals surface area contributed by atoms with Crippen molar-refractivity contribution in [1.29, 1.82) is 0 Å². The van der Waals surface area contributed by atoms with Gasteiger partial charge in [-0.1, -0.05) is 34.6 Å². The normalized spacial score (nSPS) is 51.7. The highest BCUT2D eigenvalue weighted by Gasteiger charge is 2.84. The van der Waals surface area contributed by atoms with E-state index in [1.807, 2.05) is 0 Å². The van der Waals surface area contributed by atoms with Crippen LogP contribution in [0.4, 0.5) is 0 Å². The number of hydrogen-bond acceptors (Lipinski definition) is 10. The topological polar surface area (TPSA) is 124 Å². The van der Waals surface area contributed by atoms with Crippen LogP contribution in [0.5, 0.6) is 0 Å². The zero-order chi connectivity index (χ0) is 35.8. The van der Waals surface area contributed by atoms with E-state index in [0.717, 1.165) is 45.1 Å². The number of fused-ring (bicyclic) bond motifs is 4. The second-order valence-electron chi connectivity index (χ2n) is 19.6. The number of cyclic esters (lactones) is 1. The van der Waals surface area contributed by atoms with Crippen LogP contribution in [0.1, 0.15) is 113 Å². The first-order valence-electron chi connectivity index (χ1n) is 19.8. The molecule has 5 saturated carbocycles. The zero-order valence-electron chi connectivity index (χ0n) is 31.7. The summed E-state index contributed by atoms with van der Waals surface area (Å²) in [6, 6.07) is -0.182. The van der Waals surface area contributed by atoms with Gasteiger partial charge >= 0.3 is 11.9 Å². The minimum atomic E-state index is -1.27. The molecule has 10 heteroatoms. The minimum Gasteiger partial charge on any atom is -0.464 e. The first-order chi connectivity index (χ1) is 23.4. The van der Waals surface area contributed by atoms with Crippen LogP contribution in [0.2, 0.25) is 0 Å². The van der Waals surface area contributed by atoms with Crippen molar-refractivity contribution in [2.24, 2.45) is 50.7 Å². The lowest BCUT2D eigenvalue weighted by molar-refractivity contribution is -0.250. The lowest BCUT2D eigenvalue weighted by Gasteiger charge is -2.64. The number of morpholine rings is 1. The van der Waals surface area contributed by atoms with E-state index in [2.05, 4.69) is 39.5 Å². The molecule has 8 aliphatic rings. The summed E-state index contributed by atoms with van der Waals surface area (Å²) in [5.74, 6) is 0.853. The third-order valence-electron chi connectivity index (χ3n) is 16.8. The molecular weight excluding hydrogens is 638 g/mol. The molecule has 2 N–H and O–H groups in total. The molecule has 3 heterocycles. The van der Waals surface area contributed by atoms with E-state index in [0.29, 0.717) is 38.0 Å². The van der Waals surface area contributed by atoms with E-state index in [-0.39, 0.29) is 69.4 Å². The van der Waals surface area contributed by atoms with Gasteiger partial charge in [0.25, 0.3) is 0 Å². The summed E-state index contributed by atoms with van der Waals surface area (Å²) < 4.78 is 30.8. The lowest BCUT2D eigenvalue weighted by atomic mass is 9.41. The van der Waals surface area contributed by atoms with E-state index in [1.54, 1.807) is 13.8 Å². The summed E-state index contributed by atoms with van der Waals surface area (Å²) in [7, 11) is 0. The molecule has 50 heavy (non-hydrogen) atoms. The SMILES string of the molecule is CC(=O)O[C@@H](C1C[C@@H](C)C2C(O1)[C@H](O)[C@@]1(C)[C@@H]3CC[C@H]4C(C)(C)[C@@H](OC5CN([C@@H]6CCOC6=O)CCO5)CC[C@@]45CC35CC[C@]21C)C(C)(C)O. The number of carbonyl (C=O) groups excluding carboxylic acids is 2. The highest BCUT2D eigenvalue weighted by Crippen LogP contribution is 2.89. The molecule has 2 spiro atoms. The first kappa shape index (κ1) is 35.7. The fourth-order valence-electron chi connectivity index (χ4n) is 14.6. The lowest BCUT2D eigenvalue weighted by Crippen LogP contribution is -2.60. The predicted octanol–water partition coefficient (Wildman–Crippen LogP) is 4.86. The molecule has 0 amide bonds. The van der Waals surface area contributed by atoms with Crippen molar-refractivity contribution in [3.05, 3.63) is 0 Å². The Balaban J connectivity index is 1.02. The molecular formula is C40H63NO9. The van der Waals surface area contributed by atoms with Crippen molar-refractivity contribution in [3.8, 4) is 0 Å².